The Kier molecular flexibility index (Phi) is 4.14. The molecule has 2 N–H and O–H groups in total. The zero-order chi connectivity index (χ0) is 11.5. The average Bonchev–Trinajstić information content (AvgIpc) is 2.15. The van der Waals surface area contributed by atoms with E-state index < -0.39 is 6.04 Å². The third kappa shape index (κ3) is 3.49. The second kappa shape index (κ2) is 4.97. The average molecular weight is 213 g/mol. The zero-order valence-electron chi connectivity index (χ0n) is 10.1. The fourth-order valence-corrected chi connectivity index (χ4v) is 2.49. The zero-order valence-corrected chi connectivity index (χ0v) is 10.1. The number of esters is 1. The van der Waals surface area contributed by atoms with Crippen molar-refractivity contribution in [3.8, 4) is 0 Å². The van der Waals surface area contributed by atoms with Crippen molar-refractivity contribution in [2.45, 2.75) is 52.5 Å². The molecule has 0 bridgehead atoms. The fraction of sp³-hybridized carbons (Fsp3) is 0.917. The van der Waals surface area contributed by atoms with Crippen LogP contribution in [0, 0.1) is 11.3 Å². The third-order valence-electron chi connectivity index (χ3n) is 3.31. The molecule has 0 spiro atoms. The number of hydrogen-bond donors (Lipinski definition) is 1. The molecule has 0 aliphatic heterocycles. The minimum absolute atomic E-state index is 0.236. The summed E-state index contributed by atoms with van der Waals surface area (Å²) in [6.45, 7) is 6.73. The fourth-order valence-electron chi connectivity index (χ4n) is 2.49. The van der Waals surface area contributed by atoms with Crippen molar-refractivity contribution in [2.24, 2.45) is 17.1 Å². The molecular weight excluding hydrogens is 190 g/mol. The maximum atomic E-state index is 11.5. The summed E-state index contributed by atoms with van der Waals surface area (Å²) >= 11 is 0. The van der Waals surface area contributed by atoms with Gasteiger partial charge < -0.3 is 10.5 Å². The first kappa shape index (κ1) is 12.5. The van der Waals surface area contributed by atoms with Gasteiger partial charge in [0.2, 0.25) is 0 Å². The molecule has 1 aliphatic rings. The second-order valence-corrected chi connectivity index (χ2v) is 5.30. The molecule has 1 saturated carbocycles. The van der Waals surface area contributed by atoms with Crippen LogP contribution in [0.3, 0.4) is 0 Å². The summed E-state index contributed by atoms with van der Waals surface area (Å²) in [5.41, 5.74) is 6.25. The summed E-state index contributed by atoms with van der Waals surface area (Å²) in [6, 6.07) is -0.426. The predicted molar refractivity (Wildman–Crippen MR) is 60.3 cm³/mol. The molecule has 15 heavy (non-hydrogen) atoms. The van der Waals surface area contributed by atoms with Gasteiger partial charge in [0.25, 0.3) is 0 Å². The van der Waals surface area contributed by atoms with Crippen molar-refractivity contribution in [3.05, 3.63) is 0 Å². The summed E-state index contributed by atoms with van der Waals surface area (Å²) in [6.07, 6.45) is 4.50. The number of carbonyl (C=O) groups excluding carboxylic acids is 1. The molecule has 1 rings (SSSR count). The first-order valence-corrected chi connectivity index (χ1v) is 5.88. The van der Waals surface area contributed by atoms with Gasteiger partial charge in [-0.15, -0.1) is 0 Å². The predicted octanol–water partition coefficient (Wildman–Crippen LogP) is 2.09. The lowest BCUT2D eigenvalue weighted by Gasteiger charge is -2.37. The van der Waals surface area contributed by atoms with E-state index in [1.807, 2.05) is 6.92 Å². The van der Waals surface area contributed by atoms with Crippen LogP contribution in [0.2, 0.25) is 0 Å². The van der Waals surface area contributed by atoms with Crippen LogP contribution in [0.25, 0.3) is 0 Å². The van der Waals surface area contributed by atoms with Gasteiger partial charge in [-0.25, -0.2) is 0 Å². The van der Waals surface area contributed by atoms with Gasteiger partial charge in [0.15, 0.2) is 0 Å². The Hall–Kier alpha value is -0.570. The van der Waals surface area contributed by atoms with Crippen molar-refractivity contribution in [1.29, 1.82) is 0 Å². The van der Waals surface area contributed by atoms with Crippen LogP contribution >= 0.6 is 0 Å². The van der Waals surface area contributed by atoms with Crippen LogP contribution in [-0.2, 0) is 9.53 Å². The Labute approximate surface area is 92.4 Å². The third-order valence-corrected chi connectivity index (χ3v) is 3.31. The number of nitrogens with two attached hydrogens (primary N) is 1. The van der Waals surface area contributed by atoms with Gasteiger partial charge in [-0.05, 0) is 37.5 Å². The van der Waals surface area contributed by atoms with Crippen molar-refractivity contribution >= 4 is 5.97 Å². The van der Waals surface area contributed by atoms with Crippen molar-refractivity contribution in [2.75, 3.05) is 6.61 Å². The maximum Gasteiger partial charge on any atom is 0.323 e. The highest BCUT2D eigenvalue weighted by atomic mass is 16.5. The van der Waals surface area contributed by atoms with E-state index in [1.54, 1.807) is 0 Å². The molecule has 0 amide bonds. The summed E-state index contributed by atoms with van der Waals surface area (Å²) in [5.74, 6) is 0.0630. The van der Waals surface area contributed by atoms with Gasteiger partial charge in [0, 0.05) is 0 Å². The molecule has 88 valence electrons. The molecule has 2 atom stereocenters. The first-order chi connectivity index (χ1) is 6.96. The van der Waals surface area contributed by atoms with E-state index in [0.29, 0.717) is 17.9 Å². The molecule has 0 radical (unpaired) electrons. The van der Waals surface area contributed by atoms with Crippen LogP contribution in [0.15, 0.2) is 0 Å². The van der Waals surface area contributed by atoms with Gasteiger partial charge in [0.1, 0.15) is 6.04 Å². The number of ether oxygens (including phenoxy) is 1. The Morgan fingerprint density at radius 3 is 2.80 bits per heavy atom. The van der Waals surface area contributed by atoms with E-state index in [4.69, 9.17) is 10.5 Å². The van der Waals surface area contributed by atoms with Crippen molar-refractivity contribution < 1.29 is 9.53 Å². The summed E-state index contributed by atoms with van der Waals surface area (Å²) in [4.78, 5) is 11.5. The molecule has 2 unspecified atom stereocenters. The van der Waals surface area contributed by atoms with Crippen LogP contribution in [-0.4, -0.2) is 18.6 Å². The van der Waals surface area contributed by atoms with E-state index >= 15 is 0 Å². The number of rotatable bonds is 3. The molecule has 0 aromatic heterocycles. The van der Waals surface area contributed by atoms with E-state index in [2.05, 4.69) is 13.8 Å². The lowest BCUT2D eigenvalue weighted by molar-refractivity contribution is -0.146. The normalized spacial score (nSPS) is 27.1. The molecule has 0 saturated heterocycles. The standard InChI is InChI=1S/C12H23NO2/c1-4-15-11(14)10(13)9-6-5-7-12(2,3)8-9/h9-10H,4-8,13H2,1-3H3. The SMILES string of the molecule is CCOC(=O)C(N)C1CCCC(C)(C)C1. The van der Waals surface area contributed by atoms with E-state index in [1.165, 1.54) is 12.8 Å². The molecule has 1 fully saturated rings. The molecule has 3 heteroatoms. The summed E-state index contributed by atoms with van der Waals surface area (Å²) in [7, 11) is 0. The second-order valence-electron chi connectivity index (χ2n) is 5.30. The largest absolute Gasteiger partial charge is 0.465 e. The minimum atomic E-state index is -0.426. The van der Waals surface area contributed by atoms with Crippen LogP contribution in [0.1, 0.15) is 46.5 Å². The lowest BCUT2D eigenvalue weighted by Crippen LogP contribution is -2.42. The quantitative estimate of drug-likeness (QED) is 0.730. The molecule has 1 aliphatic carbocycles. The first-order valence-electron chi connectivity index (χ1n) is 5.88. The highest BCUT2D eigenvalue weighted by molar-refractivity contribution is 5.75. The van der Waals surface area contributed by atoms with E-state index in [-0.39, 0.29) is 5.97 Å². The Balaban J connectivity index is 2.52. The van der Waals surface area contributed by atoms with E-state index in [9.17, 15) is 4.79 Å². The topological polar surface area (TPSA) is 52.3 Å². The van der Waals surface area contributed by atoms with Gasteiger partial charge in [-0.3, -0.25) is 4.79 Å². The molecule has 0 heterocycles. The van der Waals surface area contributed by atoms with E-state index in [0.717, 1.165) is 12.8 Å². The highest BCUT2D eigenvalue weighted by Crippen LogP contribution is 2.39. The van der Waals surface area contributed by atoms with Crippen LogP contribution < -0.4 is 5.73 Å². The molecule has 0 aromatic rings. The van der Waals surface area contributed by atoms with Gasteiger partial charge in [-0.1, -0.05) is 20.3 Å². The van der Waals surface area contributed by atoms with Crippen molar-refractivity contribution in [1.82, 2.24) is 0 Å². The maximum absolute atomic E-state index is 11.5. The number of carbonyl (C=O) groups is 1. The Bertz CT molecular complexity index is 226. The Morgan fingerprint density at radius 1 is 1.60 bits per heavy atom. The monoisotopic (exact) mass is 213 g/mol. The highest BCUT2D eigenvalue weighted by Gasteiger charge is 2.34. The summed E-state index contributed by atoms with van der Waals surface area (Å²) < 4.78 is 4.96. The van der Waals surface area contributed by atoms with Gasteiger partial charge in [0.05, 0.1) is 6.61 Å². The lowest BCUT2D eigenvalue weighted by atomic mass is 9.70. The van der Waals surface area contributed by atoms with Crippen molar-refractivity contribution in [3.63, 3.8) is 0 Å². The molecule has 0 aromatic carbocycles. The van der Waals surface area contributed by atoms with Gasteiger partial charge >= 0.3 is 5.97 Å². The molecular formula is C12H23NO2. The van der Waals surface area contributed by atoms with Gasteiger partial charge in [-0.2, -0.15) is 0 Å². The van der Waals surface area contributed by atoms with Crippen LogP contribution in [0.4, 0.5) is 0 Å². The smallest absolute Gasteiger partial charge is 0.323 e. The Morgan fingerprint density at radius 2 is 2.27 bits per heavy atom. The van der Waals surface area contributed by atoms with Crippen LogP contribution in [0.5, 0.6) is 0 Å². The molecule has 3 nitrogen and oxygen atoms in total. The minimum Gasteiger partial charge on any atom is -0.465 e. The number of hydrogen-bond acceptors (Lipinski definition) is 3. The summed E-state index contributed by atoms with van der Waals surface area (Å²) in [5, 5.41) is 0.